The second-order valence-electron chi connectivity index (χ2n) is 6.42. The summed E-state index contributed by atoms with van der Waals surface area (Å²) in [5, 5.41) is 24.7. The molecule has 3 aromatic rings. The predicted molar refractivity (Wildman–Crippen MR) is 113 cm³/mol. The summed E-state index contributed by atoms with van der Waals surface area (Å²) in [6, 6.07) is 12.2. The van der Waals surface area contributed by atoms with Crippen LogP contribution in [0.25, 0.3) is 10.8 Å². The van der Waals surface area contributed by atoms with Gasteiger partial charge >= 0.3 is 0 Å². The van der Waals surface area contributed by atoms with E-state index in [1.165, 1.54) is 31.4 Å². The van der Waals surface area contributed by atoms with Crippen LogP contribution in [0.4, 0.5) is 11.4 Å². The summed E-state index contributed by atoms with van der Waals surface area (Å²) in [5.41, 5.74) is 5.68. The fourth-order valence-electron chi connectivity index (χ4n) is 2.86. The minimum atomic E-state index is -4.10. The highest BCUT2D eigenvalue weighted by molar-refractivity contribution is 7.89. The molecule has 0 saturated heterocycles. The molecule has 0 aliphatic carbocycles. The third-order valence-corrected chi connectivity index (χ3v) is 5.24. The van der Waals surface area contributed by atoms with Gasteiger partial charge in [-0.05, 0) is 24.3 Å². The van der Waals surface area contributed by atoms with E-state index in [1.54, 1.807) is 24.3 Å². The van der Waals surface area contributed by atoms with Crippen molar-refractivity contribution >= 4 is 38.1 Å². The molecule has 0 fully saturated rings. The number of aromatic hydroxyl groups is 1. The average Bonchev–Trinajstić information content (AvgIpc) is 2.73. The van der Waals surface area contributed by atoms with E-state index >= 15 is 0 Å². The number of carbonyl (C=O) groups excluding carboxylic acids is 1. The number of carbonyl (C=O) groups is 1. The smallest absolute Gasteiger partial charge is 0.252 e. The fraction of sp³-hybridized carbons (Fsp3) is 0.150. The van der Waals surface area contributed by atoms with Crippen molar-refractivity contribution in [3.8, 4) is 11.5 Å². The van der Waals surface area contributed by atoms with E-state index in [1.807, 2.05) is 0 Å². The lowest BCUT2D eigenvalue weighted by Crippen LogP contribution is -2.15. The van der Waals surface area contributed by atoms with Crippen LogP contribution >= 0.6 is 0 Å². The Morgan fingerprint density at radius 3 is 2.42 bits per heavy atom. The summed E-state index contributed by atoms with van der Waals surface area (Å²) in [4.78, 5) is 11.4. The number of phenols is 1. The summed E-state index contributed by atoms with van der Waals surface area (Å²) < 4.78 is 34.2. The number of amides is 1. The standard InChI is InChI=1S/C20H20N4O6S/c1-29-8-9-30-17-7-6-12(10-18(17)31(22,27)28)23-24-16-11-15(20(21)26)19(25)14-5-3-2-4-13(14)16/h2-7,10-11,25H,8-9H2,1H3,(H2,21,26)(H2,22,27,28). The number of hydrogen-bond donors (Lipinski definition) is 3. The lowest BCUT2D eigenvalue weighted by molar-refractivity contribution is 0.0998. The number of ether oxygens (including phenoxy) is 2. The number of primary amides is 1. The molecule has 3 rings (SSSR count). The molecule has 162 valence electrons. The number of benzene rings is 3. The second-order valence-corrected chi connectivity index (χ2v) is 7.95. The summed E-state index contributed by atoms with van der Waals surface area (Å²) in [6.07, 6.45) is 0. The SMILES string of the molecule is COCCOc1ccc(N=Nc2cc(C(N)=O)c(O)c3ccccc23)cc1S(N)(=O)=O. The number of nitrogens with zero attached hydrogens (tertiary/aromatic N) is 2. The van der Waals surface area contributed by atoms with Crippen LogP contribution in [0.3, 0.4) is 0 Å². The number of sulfonamides is 1. The Labute approximate surface area is 178 Å². The third kappa shape index (κ3) is 4.97. The molecule has 10 nitrogen and oxygen atoms in total. The molecular formula is C20H20N4O6S. The largest absolute Gasteiger partial charge is 0.506 e. The lowest BCUT2D eigenvalue weighted by Gasteiger charge is -2.10. The van der Waals surface area contributed by atoms with Gasteiger partial charge in [-0.1, -0.05) is 24.3 Å². The molecule has 0 heterocycles. The van der Waals surface area contributed by atoms with E-state index in [-0.39, 0.29) is 46.5 Å². The first-order valence-electron chi connectivity index (χ1n) is 8.97. The molecule has 0 atom stereocenters. The highest BCUT2D eigenvalue weighted by atomic mass is 32.2. The van der Waals surface area contributed by atoms with Crippen LogP contribution in [-0.2, 0) is 14.8 Å². The highest BCUT2D eigenvalue weighted by Gasteiger charge is 2.17. The Kier molecular flexibility index (Phi) is 6.49. The van der Waals surface area contributed by atoms with Gasteiger partial charge in [0.1, 0.15) is 23.0 Å². The van der Waals surface area contributed by atoms with E-state index < -0.39 is 15.9 Å². The number of rotatable bonds is 8. The minimum Gasteiger partial charge on any atom is -0.506 e. The zero-order chi connectivity index (χ0) is 22.6. The fourth-order valence-corrected chi connectivity index (χ4v) is 3.55. The van der Waals surface area contributed by atoms with Crippen molar-refractivity contribution in [2.45, 2.75) is 4.90 Å². The Bertz CT molecular complexity index is 1270. The quantitative estimate of drug-likeness (QED) is 0.357. The molecule has 0 saturated carbocycles. The molecule has 0 spiro atoms. The molecule has 3 aromatic carbocycles. The van der Waals surface area contributed by atoms with Crippen LogP contribution in [0.5, 0.6) is 11.5 Å². The Morgan fingerprint density at radius 1 is 1.06 bits per heavy atom. The Morgan fingerprint density at radius 2 is 1.77 bits per heavy atom. The van der Waals surface area contributed by atoms with Crippen molar-refractivity contribution in [3.05, 3.63) is 54.1 Å². The molecule has 0 radical (unpaired) electrons. The minimum absolute atomic E-state index is 0.0598. The molecule has 1 amide bonds. The molecule has 11 heteroatoms. The Hall–Kier alpha value is -3.54. The number of fused-ring (bicyclic) bond motifs is 1. The normalized spacial score (nSPS) is 11.8. The first-order valence-corrected chi connectivity index (χ1v) is 10.5. The van der Waals surface area contributed by atoms with Gasteiger partial charge in [0.05, 0.1) is 23.5 Å². The summed E-state index contributed by atoms with van der Waals surface area (Å²) in [6.45, 7) is 0.400. The maximum atomic E-state index is 12.0. The van der Waals surface area contributed by atoms with Gasteiger partial charge < -0.3 is 20.3 Å². The average molecular weight is 444 g/mol. The van der Waals surface area contributed by atoms with Gasteiger partial charge in [-0.25, -0.2) is 13.6 Å². The van der Waals surface area contributed by atoms with Crippen LogP contribution in [-0.4, -0.2) is 39.8 Å². The first kappa shape index (κ1) is 22.2. The van der Waals surface area contributed by atoms with E-state index in [4.69, 9.17) is 20.3 Å². The zero-order valence-corrected chi connectivity index (χ0v) is 17.3. The van der Waals surface area contributed by atoms with Gasteiger partial charge in [0.15, 0.2) is 0 Å². The van der Waals surface area contributed by atoms with Gasteiger partial charge in [-0.3, -0.25) is 4.79 Å². The van der Waals surface area contributed by atoms with Gasteiger partial charge in [-0.15, -0.1) is 5.11 Å². The van der Waals surface area contributed by atoms with Crippen molar-refractivity contribution in [2.75, 3.05) is 20.3 Å². The maximum absolute atomic E-state index is 12.0. The molecule has 0 aliphatic rings. The molecule has 5 N–H and O–H groups in total. The third-order valence-electron chi connectivity index (χ3n) is 4.31. The van der Waals surface area contributed by atoms with Crippen molar-refractivity contribution in [3.63, 3.8) is 0 Å². The van der Waals surface area contributed by atoms with E-state index in [2.05, 4.69) is 10.2 Å². The monoisotopic (exact) mass is 444 g/mol. The first-order chi connectivity index (χ1) is 14.7. The number of nitrogens with two attached hydrogens (primary N) is 2. The highest BCUT2D eigenvalue weighted by Crippen LogP contribution is 2.37. The summed E-state index contributed by atoms with van der Waals surface area (Å²) in [7, 11) is -2.61. The van der Waals surface area contributed by atoms with Crippen LogP contribution < -0.4 is 15.6 Å². The van der Waals surface area contributed by atoms with Crippen LogP contribution in [0.15, 0.2) is 63.7 Å². The van der Waals surface area contributed by atoms with Crippen molar-refractivity contribution in [1.29, 1.82) is 0 Å². The Balaban J connectivity index is 2.05. The number of primary sulfonamides is 1. The maximum Gasteiger partial charge on any atom is 0.252 e. The lowest BCUT2D eigenvalue weighted by atomic mass is 10.0. The van der Waals surface area contributed by atoms with Crippen molar-refractivity contribution in [2.24, 2.45) is 21.1 Å². The molecule has 0 aromatic heterocycles. The number of azo groups is 1. The van der Waals surface area contributed by atoms with Crippen molar-refractivity contribution < 1.29 is 27.8 Å². The van der Waals surface area contributed by atoms with Crippen LogP contribution in [0.2, 0.25) is 0 Å². The second kappa shape index (κ2) is 9.08. The molecule has 0 aliphatic heterocycles. The van der Waals surface area contributed by atoms with Gasteiger partial charge in [0, 0.05) is 17.9 Å². The summed E-state index contributed by atoms with van der Waals surface area (Å²) in [5.74, 6) is -1.02. The summed E-state index contributed by atoms with van der Waals surface area (Å²) >= 11 is 0. The van der Waals surface area contributed by atoms with Crippen LogP contribution in [0.1, 0.15) is 10.4 Å². The molecule has 0 bridgehead atoms. The molecule has 0 unspecified atom stereocenters. The van der Waals surface area contributed by atoms with Gasteiger partial charge in [0.2, 0.25) is 10.0 Å². The topological polar surface area (TPSA) is 167 Å². The molecular weight excluding hydrogens is 424 g/mol. The van der Waals surface area contributed by atoms with E-state index in [0.29, 0.717) is 10.8 Å². The van der Waals surface area contributed by atoms with E-state index in [0.717, 1.165) is 0 Å². The van der Waals surface area contributed by atoms with Crippen LogP contribution in [0, 0.1) is 0 Å². The van der Waals surface area contributed by atoms with Gasteiger partial charge in [0.25, 0.3) is 5.91 Å². The van der Waals surface area contributed by atoms with Crippen molar-refractivity contribution in [1.82, 2.24) is 0 Å². The van der Waals surface area contributed by atoms with Gasteiger partial charge in [-0.2, -0.15) is 5.11 Å². The number of hydrogen-bond acceptors (Lipinski definition) is 8. The zero-order valence-electron chi connectivity index (χ0n) is 16.5. The molecule has 31 heavy (non-hydrogen) atoms. The van der Waals surface area contributed by atoms with E-state index in [9.17, 15) is 18.3 Å². The number of methoxy groups -OCH3 is 1. The predicted octanol–water partition coefficient (Wildman–Crippen LogP) is 2.73.